The lowest BCUT2D eigenvalue weighted by Gasteiger charge is -2.26. The van der Waals surface area contributed by atoms with Crippen molar-refractivity contribution in [2.24, 2.45) is 0 Å². The average Bonchev–Trinajstić information content (AvgIpc) is 2.99. The second-order valence-corrected chi connectivity index (χ2v) is 5.90. The molecule has 0 fully saturated rings. The number of rotatable bonds is 2. The molecule has 5 nitrogen and oxygen atoms in total. The molecule has 2 aliphatic rings. The monoisotopic (exact) mass is 331 g/mol. The minimum atomic E-state index is -0.0864. The van der Waals surface area contributed by atoms with Crippen molar-refractivity contribution in [3.05, 3.63) is 46.5 Å². The zero-order valence-corrected chi connectivity index (χ0v) is 13.1. The Morgan fingerprint density at radius 2 is 2.00 bits per heavy atom. The molecular formula is C17H14ClNO4. The number of carbonyl (C=O) groups is 1. The summed E-state index contributed by atoms with van der Waals surface area (Å²) in [6, 6.07) is 9.34. The highest BCUT2D eigenvalue weighted by Gasteiger charge is 2.30. The van der Waals surface area contributed by atoms with Crippen LogP contribution < -0.4 is 19.5 Å². The van der Waals surface area contributed by atoms with E-state index in [0.29, 0.717) is 28.7 Å². The van der Waals surface area contributed by atoms with Gasteiger partial charge in [-0.15, -0.1) is 0 Å². The molecule has 0 saturated carbocycles. The number of fused-ring (bicyclic) bond motifs is 2. The average molecular weight is 332 g/mol. The van der Waals surface area contributed by atoms with Gasteiger partial charge in [-0.05, 0) is 29.3 Å². The Labute approximate surface area is 138 Å². The Bertz CT molecular complexity index is 805. The number of carbonyl (C=O) groups excluding carboxylic acids is 1. The van der Waals surface area contributed by atoms with Crippen molar-refractivity contribution in [1.29, 1.82) is 0 Å². The Kier molecular flexibility index (Phi) is 3.31. The first-order valence-electron chi connectivity index (χ1n) is 7.22. The summed E-state index contributed by atoms with van der Waals surface area (Å²) in [6.07, 6.45) is 0.356. The lowest BCUT2D eigenvalue weighted by atomic mass is 9.84. The minimum Gasteiger partial charge on any atom is -0.495 e. The summed E-state index contributed by atoms with van der Waals surface area (Å²) in [7, 11) is 1.57. The molecule has 1 N–H and O–H groups in total. The Balaban J connectivity index is 1.81. The van der Waals surface area contributed by atoms with E-state index in [0.717, 1.165) is 16.8 Å². The fraction of sp³-hybridized carbons (Fsp3) is 0.235. The second kappa shape index (κ2) is 5.35. The van der Waals surface area contributed by atoms with Gasteiger partial charge in [0.1, 0.15) is 5.75 Å². The van der Waals surface area contributed by atoms with E-state index in [1.807, 2.05) is 30.3 Å². The van der Waals surface area contributed by atoms with E-state index >= 15 is 0 Å². The topological polar surface area (TPSA) is 56.8 Å². The Hall–Kier alpha value is -2.40. The number of halogens is 1. The van der Waals surface area contributed by atoms with E-state index in [4.69, 9.17) is 25.8 Å². The van der Waals surface area contributed by atoms with E-state index in [1.165, 1.54) is 0 Å². The van der Waals surface area contributed by atoms with Crippen molar-refractivity contribution in [2.45, 2.75) is 12.3 Å². The van der Waals surface area contributed by atoms with Gasteiger partial charge in [0.25, 0.3) is 0 Å². The Morgan fingerprint density at radius 3 is 2.74 bits per heavy atom. The Morgan fingerprint density at radius 1 is 1.22 bits per heavy atom. The van der Waals surface area contributed by atoms with Crippen LogP contribution in [0.5, 0.6) is 17.2 Å². The predicted octanol–water partition coefficient (Wildman–Crippen LogP) is 3.55. The first kappa shape index (κ1) is 14.2. The van der Waals surface area contributed by atoms with Gasteiger partial charge in [-0.25, -0.2) is 0 Å². The molecule has 0 aliphatic carbocycles. The molecule has 4 rings (SSSR count). The molecule has 118 valence electrons. The maximum Gasteiger partial charge on any atom is 0.231 e. The van der Waals surface area contributed by atoms with E-state index < -0.39 is 0 Å². The van der Waals surface area contributed by atoms with Crippen LogP contribution in [0.4, 0.5) is 5.69 Å². The van der Waals surface area contributed by atoms with E-state index in [2.05, 4.69) is 5.32 Å². The second-order valence-electron chi connectivity index (χ2n) is 5.49. The largest absolute Gasteiger partial charge is 0.495 e. The molecule has 0 saturated heterocycles. The molecule has 6 heteroatoms. The van der Waals surface area contributed by atoms with Crippen molar-refractivity contribution in [1.82, 2.24) is 0 Å². The maximum absolute atomic E-state index is 12.1. The summed E-state index contributed by atoms with van der Waals surface area (Å²) < 4.78 is 16.0. The van der Waals surface area contributed by atoms with E-state index in [-0.39, 0.29) is 18.6 Å². The van der Waals surface area contributed by atoms with Crippen LogP contribution in [0.1, 0.15) is 23.5 Å². The van der Waals surface area contributed by atoms with Crippen LogP contribution in [0.15, 0.2) is 30.3 Å². The molecule has 2 heterocycles. The van der Waals surface area contributed by atoms with Crippen LogP contribution >= 0.6 is 11.6 Å². The molecule has 2 aromatic carbocycles. The highest BCUT2D eigenvalue weighted by Crippen LogP contribution is 2.45. The number of methoxy groups -OCH3 is 1. The third-order valence-electron chi connectivity index (χ3n) is 4.16. The first-order valence-corrected chi connectivity index (χ1v) is 7.60. The van der Waals surface area contributed by atoms with Gasteiger partial charge < -0.3 is 19.5 Å². The van der Waals surface area contributed by atoms with Gasteiger partial charge in [-0.2, -0.15) is 0 Å². The summed E-state index contributed by atoms with van der Waals surface area (Å²) in [5.41, 5.74) is 2.71. The van der Waals surface area contributed by atoms with Crippen LogP contribution in [0.25, 0.3) is 0 Å². The van der Waals surface area contributed by atoms with Crippen molar-refractivity contribution < 1.29 is 19.0 Å². The number of nitrogens with one attached hydrogen (secondary N) is 1. The van der Waals surface area contributed by atoms with Gasteiger partial charge in [0, 0.05) is 24.1 Å². The van der Waals surface area contributed by atoms with E-state index in [9.17, 15) is 4.79 Å². The fourth-order valence-electron chi connectivity index (χ4n) is 3.05. The zero-order chi connectivity index (χ0) is 16.0. The van der Waals surface area contributed by atoms with Crippen molar-refractivity contribution in [3.8, 4) is 17.2 Å². The standard InChI is InChI=1S/C17H14ClNO4/c1-21-14-3-2-9(4-12(14)18)10-6-17(20)19-13-7-16-15(5-11(10)13)22-8-23-16/h2-5,7,10H,6,8H2,1H3,(H,19,20). The smallest absolute Gasteiger partial charge is 0.231 e. The quantitative estimate of drug-likeness (QED) is 0.914. The number of hydrogen-bond donors (Lipinski definition) is 1. The molecule has 0 aromatic heterocycles. The third-order valence-corrected chi connectivity index (χ3v) is 4.46. The highest BCUT2D eigenvalue weighted by atomic mass is 35.5. The van der Waals surface area contributed by atoms with Crippen LogP contribution in [0, 0.1) is 0 Å². The van der Waals surface area contributed by atoms with Gasteiger partial charge in [-0.3, -0.25) is 4.79 Å². The number of ether oxygens (including phenoxy) is 3. The summed E-state index contributed by atoms with van der Waals surface area (Å²) in [5, 5.41) is 3.42. The summed E-state index contributed by atoms with van der Waals surface area (Å²) in [6.45, 7) is 0.200. The normalized spacial score (nSPS) is 18.3. The molecule has 1 unspecified atom stereocenters. The van der Waals surface area contributed by atoms with Gasteiger partial charge in [0.05, 0.1) is 12.1 Å². The van der Waals surface area contributed by atoms with Crippen LogP contribution in [-0.2, 0) is 4.79 Å². The third kappa shape index (κ3) is 2.37. The summed E-state index contributed by atoms with van der Waals surface area (Å²) >= 11 is 6.24. The fourth-order valence-corrected chi connectivity index (χ4v) is 3.31. The van der Waals surface area contributed by atoms with Crippen molar-refractivity contribution in [3.63, 3.8) is 0 Å². The minimum absolute atomic E-state index is 0.0340. The highest BCUT2D eigenvalue weighted by molar-refractivity contribution is 6.32. The van der Waals surface area contributed by atoms with Gasteiger partial charge in [0.15, 0.2) is 11.5 Å². The van der Waals surface area contributed by atoms with Gasteiger partial charge in [0.2, 0.25) is 12.7 Å². The SMILES string of the molecule is COc1ccc(C2CC(=O)Nc3cc4c(cc32)OCO4)cc1Cl. The maximum atomic E-state index is 12.1. The predicted molar refractivity (Wildman–Crippen MR) is 85.7 cm³/mol. The summed E-state index contributed by atoms with van der Waals surface area (Å²) in [4.78, 5) is 12.1. The molecule has 1 amide bonds. The van der Waals surface area contributed by atoms with Crippen molar-refractivity contribution in [2.75, 3.05) is 19.2 Å². The summed E-state index contributed by atoms with van der Waals surface area (Å²) in [5.74, 6) is 1.84. The number of hydrogen-bond acceptors (Lipinski definition) is 4. The molecule has 0 spiro atoms. The number of benzene rings is 2. The number of anilines is 1. The molecular weight excluding hydrogens is 318 g/mol. The molecule has 0 bridgehead atoms. The zero-order valence-electron chi connectivity index (χ0n) is 12.4. The molecule has 2 aliphatic heterocycles. The lowest BCUT2D eigenvalue weighted by molar-refractivity contribution is -0.116. The molecule has 1 atom stereocenters. The number of amides is 1. The van der Waals surface area contributed by atoms with Crippen LogP contribution in [0.3, 0.4) is 0 Å². The first-order chi connectivity index (χ1) is 11.2. The van der Waals surface area contributed by atoms with E-state index in [1.54, 1.807) is 7.11 Å². The van der Waals surface area contributed by atoms with Crippen LogP contribution in [-0.4, -0.2) is 19.8 Å². The van der Waals surface area contributed by atoms with Gasteiger partial charge in [-0.1, -0.05) is 17.7 Å². The van der Waals surface area contributed by atoms with Crippen molar-refractivity contribution >= 4 is 23.2 Å². The lowest BCUT2D eigenvalue weighted by Crippen LogP contribution is -2.23. The molecule has 23 heavy (non-hydrogen) atoms. The molecule has 0 radical (unpaired) electrons. The molecule has 2 aromatic rings. The van der Waals surface area contributed by atoms with Gasteiger partial charge >= 0.3 is 0 Å². The van der Waals surface area contributed by atoms with Crippen LogP contribution in [0.2, 0.25) is 5.02 Å².